The topological polar surface area (TPSA) is 75.1 Å². The van der Waals surface area contributed by atoms with E-state index in [4.69, 9.17) is 4.42 Å². The maximum Gasteiger partial charge on any atom is 0.417 e. The second-order valence-electron chi connectivity index (χ2n) is 5.64. The van der Waals surface area contributed by atoms with Crippen LogP contribution in [-0.2, 0) is 11.2 Å². The van der Waals surface area contributed by atoms with Crippen molar-refractivity contribution < 1.29 is 9.21 Å². The fourth-order valence-corrected chi connectivity index (χ4v) is 1.89. The number of aromatic amines is 1. The zero-order chi connectivity index (χ0) is 14.0. The summed E-state index contributed by atoms with van der Waals surface area (Å²) in [6, 6.07) is 5.44. The highest BCUT2D eigenvalue weighted by molar-refractivity contribution is 5.77. The number of carbonyl (C=O) groups excluding carboxylic acids is 1. The monoisotopic (exact) mass is 262 g/mol. The van der Waals surface area contributed by atoms with Crippen LogP contribution in [0.5, 0.6) is 0 Å². The van der Waals surface area contributed by atoms with Gasteiger partial charge in [-0.3, -0.25) is 9.78 Å². The van der Waals surface area contributed by atoms with Crippen molar-refractivity contribution in [2.45, 2.75) is 39.2 Å². The van der Waals surface area contributed by atoms with Gasteiger partial charge in [0.05, 0.1) is 5.52 Å². The van der Waals surface area contributed by atoms with Gasteiger partial charge in [0.1, 0.15) is 0 Å². The van der Waals surface area contributed by atoms with Crippen LogP contribution in [0, 0.1) is 0 Å². The highest BCUT2D eigenvalue weighted by atomic mass is 16.4. The molecule has 0 aliphatic heterocycles. The maximum absolute atomic E-state index is 11.7. The van der Waals surface area contributed by atoms with E-state index >= 15 is 0 Å². The number of fused-ring (bicyclic) bond motifs is 1. The van der Waals surface area contributed by atoms with Crippen molar-refractivity contribution in [3.05, 3.63) is 34.3 Å². The smallest absolute Gasteiger partial charge is 0.408 e. The third-order valence-corrected chi connectivity index (χ3v) is 2.64. The molecule has 2 N–H and O–H groups in total. The van der Waals surface area contributed by atoms with Crippen LogP contribution in [0.3, 0.4) is 0 Å². The van der Waals surface area contributed by atoms with E-state index in [0.717, 1.165) is 5.56 Å². The summed E-state index contributed by atoms with van der Waals surface area (Å²) in [5.74, 6) is -0.439. The number of hydrogen-bond acceptors (Lipinski definition) is 3. The molecular formula is C14H18N2O3. The van der Waals surface area contributed by atoms with E-state index in [2.05, 4.69) is 10.3 Å². The Bertz CT molecular complexity index is 646. The molecule has 0 saturated heterocycles. The lowest BCUT2D eigenvalue weighted by atomic mass is 10.1. The molecule has 0 radical (unpaired) electrons. The van der Waals surface area contributed by atoms with Gasteiger partial charge in [-0.1, -0.05) is 6.07 Å². The molecule has 0 unspecified atom stereocenters. The predicted octanol–water partition coefficient (Wildman–Crippen LogP) is 1.97. The van der Waals surface area contributed by atoms with Gasteiger partial charge in [-0.15, -0.1) is 0 Å². The Balaban J connectivity index is 2.01. The summed E-state index contributed by atoms with van der Waals surface area (Å²) in [6.07, 6.45) is 1.05. The molecule has 102 valence electrons. The molecular weight excluding hydrogens is 244 g/mol. The summed E-state index contributed by atoms with van der Waals surface area (Å²) >= 11 is 0. The van der Waals surface area contributed by atoms with Crippen molar-refractivity contribution in [2.24, 2.45) is 0 Å². The lowest BCUT2D eigenvalue weighted by Gasteiger charge is -2.20. The Labute approximate surface area is 111 Å². The van der Waals surface area contributed by atoms with Crippen LogP contribution in [0.25, 0.3) is 11.1 Å². The molecule has 2 rings (SSSR count). The van der Waals surface area contributed by atoms with Crippen LogP contribution >= 0.6 is 0 Å². The molecule has 5 heteroatoms. The van der Waals surface area contributed by atoms with Crippen molar-refractivity contribution in [3.8, 4) is 0 Å². The number of amides is 1. The lowest BCUT2D eigenvalue weighted by molar-refractivity contribution is -0.122. The number of nitrogens with one attached hydrogen (secondary N) is 2. The summed E-state index contributed by atoms with van der Waals surface area (Å²) in [5, 5.41) is 2.92. The Kier molecular flexibility index (Phi) is 3.46. The quantitative estimate of drug-likeness (QED) is 0.888. The molecule has 19 heavy (non-hydrogen) atoms. The minimum Gasteiger partial charge on any atom is -0.408 e. The first-order valence-electron chi connectivity index (χ1n) is 6.26. The van der Waals surface area contributed by atoms with Crippen LogP contribution in [0.15, 0.2) is 27.4 Å². The number of carbonyl (C=O) groups is 1. The Morgan fingerprint density at radius 3 is 2.79 bits per heavy atom. The molecule has 1 heterocycles. The van der Waals surface area contributed by atoms with Gasteiger partial charge in [-0.25, -0.2) is 4.79 Å². The minimum absolute atomic E-state index is 0.0216. The van der Waals surface area contributed by atoms with Crippen molar-refractivity contribution in [2.75, 3.05) is 0 Å². The van der Waals surface area contributed by atoms with Gasteiger partial charge in [0.15, 0.2) is 5.58 Å². The number of aryl methyl sites for hydroxylation is 1. The highest BCUT2D eigenvalue weighted by Crippen LogP contribution is 2.13. The number of oxazole rings is 1. The molecule has 2 aromatic rings. The molecule has 0 atom stereocenters. The summed E-state index contributed by atoms with van der Waals surface area (Å²) < 4.78 is 4.92. The SMILES string of the molecule is CC(C)(C)NC(=O)CCc1ccc2oc(=O)[nH]c2c1. The number of benzene rings is 1. The molecule has 0 fully saturated rings. The fourth-order valence-electron chi connectivity index (χ4n) is 1.89. The van der Waals surface area contributed by atoms with Crippen molar-refractivity contribution >= 4 is 17.0 Å². The maximum atomic E-state index is 11.7. The van der Waals surface area contributed by atoms with Crippen LogP contribution in [0.2, 0.25) is 0 Å². The fraction of sp³-hybridized carbons (Fsp3) is 0.429. The Morgan fingerprint density at radius 2 is 2.11 bits per heavy atom. The second-order valence-corrected chi connectivity index (χ2v) is 5.64. The summed E-state index contributed by atoms with van der Waals surface area (Å²) in [6.45, 7) is 5.85. The first-order chi connectivity index (χ1) is 8.83. The van der Waals surface area contributed by atoms with E-state index in [0.29, 0.717) is 23.9 Å². The summed E-state index contributed by atoms with van der Waals surface area (Å²) in [7, 11) is 0. The molecule has 0 bridgehead atoms. The summed E-state index contributed by atoms with van der Waals surface area (Å²) in [4.78, 5) is 25.4. The van der Waals surface area contributed by atoms with Crippen LogP contribution < -0.4 is 11.1 Å². The predicted molar refractivity (Wildman–Crippen MR) is 73.1 cm³/mol. The van der Waals surface area contributed by atoms with Gasteiger partial charge >= 0.3 is 5.76 Å². The number of rotatable bonds is 3. The molecule has 0 saturated carbocycles. The van der Waals surface area contributed by atoms with E-state index < -0.39 is 5.76 Å². The van der Waals surface area contributed by atoms with Crippen molar-refractivity contribution in [3.63, 3.8) is 0 Å². The third kappa shape index (κ3) is 3.71. The highest BCUT2D eigenvalue weighted by Gasteiger charge is 2.13. The van der Waals surface area contributed by atoms with Crippen LogP contribution in [0.4, 0.5) is 0 Å². The van der Waals surface area contributed by atoms with Gasteiger partial charge in [0.25, 0.3) is 0 Å². The zero-order valence-corrected chi connectivity index (χ0v) is 11.4. The standard InChI is InChI=1S/C14H18N2O3/c1-14(2,3)16-12(17)7-5-9-4-6-11-10(8-9)15-13(18)19-11/h4,6,8H,5,7H2,1-3H3,(H,15,18)(H,16,17). The van der Waals surface area contributed by atoms with Crippen LogP contribution in [0.1, 0.15) is 32.8 Å². The van der Waals surface area contributed by atoms with E-state index in [9.17, 15) is 9.59 Å². The number of H-pyrrole nitrogens is 1. The normalized spacial score (nSPS) is 11.7. The Morgan fingerprint density at radius 1 is 1.37 bits per heavy atom. The average Bonchev–Trinajstić information content (AvgIpc) is 2.63. The largest absolute Gasteiger partial charge is 0.417 e. The molecule has 0 aliphatic rings. The van der Waals surface area contributed by atoms with E-state index in [1.54, 1.807) is 6.07 Å². The van der Waals surface area contributed by atoms with Gasteiger partial charge in [-0.05, 0) is 44.9 Å². The number of aromatic nitrogens is 1. The molecule has 0 aliphatic carbocycles. The van der Waals surface area contributed by atoms with Gasteiger partial charge in [0.2, 0.25) is 5.91 Å². The zero-order valence-electron chi connectivity index (χ0n) is 11.4. The van der Waals surface area contributed by atoms with E-state index in [-0.39, 0.29) is 11.4 Å². The minimum atomic E-state index is -0.461. The van der Waals surface area contributed by atoms with Gasteiger partial charge in [-0.2, -0.15) is 0 Å². The molecule has 1 aromatic heterocycles. The second kappa shape index (κ2) is 4.91. The molecule has 1 amide bonds. The summed E-state index contributed by atoms with van der Waals surface area (Å²) in [5.41, 5.74) is 1.98. The van der Waals surface area contributed by atoms with Gasteiger partial charge in [0, 0.05) is 12.0 Å². The first kappa shape index (κ1) is 13.4. The molecule has 0 spiro atoms. The first-order valence-corrected chi connectivity index (χ1v) is 6.26. The molecule has 1 aromatic carbocycles. The Hall–Kier alpha value is -2.04. The van der Waals surface area contributed by atoms with Gasteiger partial charge < -0.3 is 9.73 Å². The van der Waals surface area contributed by atoms with Crippen molar-refractivity contribution in [1.82, 2.24) is 10.3 Å². The third-order valence-electron chi connectivity index (χ3n) is 2.64. The molecule has 5 nitrogen and oxygen atoms in total. The lowest BCUT2D eigenvalue weighted by Crippen LogP contribution is -2.40. The average molecular weight is 262 g/mol. The number of hydrogen-bond donors (Lipinski definition) is 2. The van der Waals surface area contributed by atoms with E-state index in [1.165, 1.54) is 0 Å². The van der Waals surface area contributed by atoms with Crippen LogP contribution in [-0.4, -0.2) is 16.4 Å². The van der Waals surface area contributed by atoms with Crippen molar-refractivity contribution in [1.29, 1.82) is 0 Å². The van der Waals surface area contributed by atoms with E-state index in [1.807, 2.05) is 32.9 Å².